The van der Waals surface area contributed by atoms with Gasteiger partial charge in [-0.05, 0) is 17.2 Å². The van der Waals surface area contributed by atoms with Gasteiger partial charge in [-0.15, -0.1) is 0 Å². The number of carbonyl (C=O) groups is 1. The van der Waals surface area contributed by atoms with E-state index in [-0.39, 0.29) is 23.9 Å². The molecule has 0 fully saturated rings. The highest BCUT2D eigenvalue weighted by molar-refractivity contribution is 5.86. The van der Waals surface area contributed by atoms with Crippen molar-refractivity contribution in [3.05, 3.63) is 76.0 Å². The van der Waals surface area contributed by atoms with Crippen LogP contribution >= 0.6 is 0 Å². The molecule has 3 aromatic rings. The predicted octanol–water partition coefficient (Wildman–Crippen LogP) is 3.37. The van der Waals surface area contributed by atoms with Crippen molar-refractivity contribution in [1.82, 2.24) is 9.88 Å². The molecule has 1 amide bonds. The van der Waals surface area contributed by atoms with Crippen LogP contribution in [-0.4, -0.2) is 35.7 Å². The molecule has 146 valence electrons. The molecule has 7 nitrogen and oxygen atoms in total. The molecule has 0 saturated heterocycles. The van der Waals surface area contributed by atoms with Crippen LogP contribution in [0.15, 0.2) is 54.7 Å². The Morgan fingerprint density at radius 2 is 2.04 bits per heavy atom. The minimum atomic E-state index is -0.414. The minimum absolute atomic E-state index is 0.0162. The van der Waals surface area contributed by atoms with Crippen LogP contribution in [0.25, 0.3) is 10.9 Å². The van der Waals surface area contributed by atoms with Crippen LogP contribution in [0.3, 0.4) is 0 Å². The maximum absolute atomic E-state index is 12.5. The summed E-state index contributed by atoms with van der Waals surface area (Å²) in [5.74, 6) is -0.421. The highest BCUT2D eigenvalue weighted by Gasteiger charge is 2.23. The van der Waals surface area contributed by atoms with Crippen LogP contribution < -0.4 is 5.32 Å². The number of rotatable bonds is 8. The average Bonchev–Trinajstić information content (AvgIpc) is 3.03. The third-order valence-electron chi connectivity index (χ3n) is 4.80. The molecule has 1 N–H and O–H groups in total. The molecule has 0 bridgehead atoms. The quantitative estimate of drug-likeness (QED) is 0.368. The zero-order valence-electron chi connectivity index (χ0n) is 15.9. The van der Waals surface area contributed by atoms with E-state index in [4.69, 9.17) is 4.74 Å². The lowest BCUT2D eigenvalue weighted by Crippen LogP contribution is -2.28. The molecule has 1 unspecified atom stereocenters. The van der Waals surface area contributed by atoms with Crippen molar-refractivity contribution in [2.75, 3.05) is 20.3 Å². The van der Waals surface area contributed by atoms with E-state index in [1.807, 2.05) is 48.1 Å². The fourth-order valence-corrected chi connectivity index (χ4v) is 3.46. The molecule has 28 heavy (non-hydrogen) atoms. The summed E-state index contributed by atoms with van der Waals surface area (Å²) >= 11 is 0. The van der Waals surface area contributed by atoms with Crippen LogP contribution in [0.4, 0.5) is 5.69 Å². The average molecular weight is 381 g/mol. The molecule has 0 aliphatic carbocycles. The van der Waals surface area contributed by atoms with Gasteiger partial charge in [-0.1, -0.05) is 30.3 Å². The van der Waals surface area contributed by atoms with Crippen molar-refractivity contribution in [1.29, 1.82) is 0 Å². The molecule has 1 aromatic heterocycles. The summed E-state index contributed by atoms with van der Waals surface area (Å²) in [6.45, 7) is 0.855. The largest absolute Gasteiger partial charge is 0.383 e. The lowest BCUT2D eigenvalue weighted by molar-refractivity contribution is -0.384. The summed E-state index contributed by atoms with van der Waals surface area (Å²) in [5.41, 5.74) is 2.78. The number of nitrogens with zero attached hydrogens (tertiary/aromatic N) is 2. The second kappa shape index (κ2) is 8.67. The number of nitro benzene ring substituents is 1. The number of hydrogen-bond donors (Lipinski definition) is 1. The molecule has 0 spiro atoms. The first-order valence-corrected chi connectivity index (χ1v) is 9.05. The number of carbonyl (C=O) groups excluding carboxylic acids is 1. The van der Waals surface area contributed by atoms with Gasteiger partial charge >= 0.3 is 0 Å². The number of hydrogen-bond acceptors (Lipinski definition) is 4. The number of aryl methyl sites for hydroxylation is 1. The number of fused-ring (bicyclic) bond motifs is 1. The Kier molecular flexibility index (Phi) is 6.06. The van der Waals surface area contributed by atoms with E-state index in [9.17, 15) is 14.9 Å². The Balaban J connectivity index is 2.02. The van der Waals surface area contributed by atoms with Gasteiger partial charge in [-0.25, -0.2) is 0 Å². The van der Waals surface area contributed by atoms with Gasteiger partial charge in [0.05, 0.1) is 11.5 Å². The second-order valence-electron chi connectivity index (χ2n) is 6.66. The smallest absolute Gasteiger partial charge is 0.269 e. The van der Waals surface area contributed by atoms with Crippen molar-refractivity contribution in [3.63, 3.8) is 0 Å². The van der Waals surface area contributed by atoms with E-state index in [1.54, 1.807) is 19.2 Å². The number of nitrogens with one attached hydrogen (secondary N) is 1. The summed E-state index contributed by atoms with van der Waals surface area (Å²) in [7, 11) is 3.53. The molecule has 2 aromatic carbocycles. The SMILES string of the molecule is COCCNC(=O)CC(c1cccc([N+](=O)[O-])c1)c1cn(C)c2ccccc12. The molecule has 0 saturated carbocycles. The summed E-state index contributed by atoms with van der Waals surface area (Å²) in [5, 5.41) is 15.1. The molecule has 0 aliphatic rings. The second-order valence-corrected chi connectivity index (χ2v) is 6.66. The van der Waals surface area contributed by atoms with E-state index in [2.05, 4.69) is 5.32 Å². The van der Waals surface area contributed by atoms with Gasteiger partial charge in [0, 0.05) is 62.3 Å². The molecule has 3 rings (SSSR count). The topological polar surface area (TPSA) is 86.4 Å². The van der Waals surface area contributed by atoms with E-state index in [0.29, 0.717) is 13.2 Å². The van der Waals surface area contributed by atoms with E-state index < -0.39 is 4.92 Å². The number of ether oxygens (including phenoxy) is 1. The number of methoxy groups -OCH3 is 1. The fourth-order valence-electron chi connectivity index (χ4n) is 3.46. The van der Waals surface area contributed by atoms with Crippen LogP contribution in [0.1, 0.15) is 23.5 Å². The fraction of sp³-hybridized carbons (Fsp3) is 0.286. The lowest BCUT2D eigenvalue weighted by Gasteiger charge is -2.17. The zero-order chi connectivity index (χ0) is 20.1. The van der Waals surface area contributed by atoms with Crippen molar-refractivity contribution in [2.24, 2.45) is 7.05 Å². The van der Waals surface area contributed by atoms with Gasteiger partial charge in [0.25, 0.3) is 5.69 Å². The van der Waals surface area contributed by atoms with Gasteiger partial charge in [0.1, 0.15) is 0 Å². The Morgan fingerprint density at radius 3 is 2.79 bits per heavy atom. The third-order valence-corrected chi connectivity index (χ3v) is 4.80. The van der Waals surface area contributed by atoms with Crippen LogP contribution in [0.2, 0.25) is 0 Å². The van der Waals surface area contributed by atoms with Crippen LogP contribution in [-0.2, 0) is 16.6 Å². The van der Waals surface area contributed by atoms with Crippen LogP contribution in [0, 0.1) is 10.1 Å². The van der Waals surface area contributed by atoms with Gasteiger partial charge in [-0.2, -0.15) is 0 Å². The van der Waals surface area contributed by atoms with E-state index in [0.717, 1.165) is 22.0 Å². The first-order valence-electron chi connectivity index (χ1n) is 9.05. The molecular weight excluding hydrogens is 358 g/mol. The number of benzene rings is 2. The normalized spacial score (nSPS) is 12.1. The first-order chi connectivity index (χ1) is 13.5. The van der Waals surface area contributed by atoms with Gasteiger partial charge < -0.3 is 14.6 Å². The van der Waals surface area contributed by atoms with Crippen molar-refractivity contribution < 1.29 is 14.5 Å². The maximum atomic E-state index is 12.5. The maximum Gasteiger partial charge on any atom is 0.269 e. The Labute approximate surface area is 163 Å². The van der Waals surface area contributed by atoms with Gasteiger partial charge in [0.15, 0.2) is 0 Å². The monoisotopic (exact) mass is 381 g/mol. The predicted molar refractivity (Wildman–Crippen MR) is 107 cm³/mol. The van der Waals surface area contributed by atoms with E-state index in [1.165, 1.54) is 6.07 Å². The number of non-ortho nitro benzene ring substituents is 1. The van der Waals surface area contributed by atoms with Crippen LogP contribution in [0.5, 0.6) is 0 Å². The number of amides is 1. The number of aromatic nitrogens is 1. The zero-order valence-corrected chi connectivity index (χ0v) is 15.9. The van der Waals surface area contributed by atoms with E-state index >= 15 is 0 Å². The number of para-hydroxylation sites is 1. The Morgan fingerprint density at radius 1 is 1.25 bits per heavy atom. The number of nitro groups is 1. The summed E-state index contributed by atoms with van der Waals surface area (Å²) < 4.78 is 6.99. The van der Waals surface area contributed by atoms with Crippen molar-refractivity contribution in [2.45, 2.75) is 12.3 Å². The summed E-state index contributed by atoms with van der Waals surface area (Å²) in [4.78, 5) is 23.3. The third kappa shape index (κ3) is 4.20. The highest BCUT2D eigenvalue weighted by Crippen LogP contribution is 2.35. The molecule has 0 aliphatic heterocycles. The van der Waals surface area contributed by atoms with Crippen molar-refractivity contribution >= 4 is 22.5 Å². The summed E-state index contributed by atoms with van der Waals surface area (Å²) in [6.07, 6.45) is 2.19. The van der Waals surface area contributed by atoms with Gasteiger partial charge in [-0.3, -0.25) is 14.9 Å². The molecule has 7 heteroatoms. The lowest BCUT2D eigenvalue weighted by atomic mass is 9.87. The van der Waals surface area contributed by atoms with Crippen molar-refractivity contribution in [3.8, 4) is 0 Å². The Hall–Kier alpha value is -3.19. The molecular formula is C21H23N3O4. The summed E-state index contributed by atoms with van der Waals surface area (Å²) in [6, 6.07) is 14.5. The Bertz CT molecular complexity index is 996. The standard InChI is InChI=1S/C21H23N3O4/c1-23-14-19(17-8-3-4-9-20(17)23)18(13-21(25)22-10-11-28-2)15-6-5-7-16(12-15)24(26)27/h3-9,12,14,18H,10-11,13H2,1-2H3,(H,22,25). The highest BCUT2D eigenvalue weighted by atomic mass is 16.6. The first kappa shape index (κ1) is 19.6. The molecule has 0 radical (unpaired) electrons. The van der Waals surface area contributed by atoms with Gasteiger partial charge in [0.2, 0.25) is 5.91 Å². The molecule has 1 heterocycles. The molecule has 1 atom stereocenters. The minimum Gasteiger partial charge on any atom is -0.383 e.